The summed E-state index contributed by atoms with van der Waals surface area (Å²) in [5.74, 6) is -0.0581. The van der Waals surface area contributed by atoms with Gasteiger partial charge in [-0.2, -0.15) is 5.10 Å². The molecule has 0 radical (unpaired) electrons. The number of hydrogen-bond donors (Lipinski definition) is 0. The number of hydrogen-bond acceptors (Lipinski definition) is 3. The Morgan fingerprint density at radius 2 is 1.63 bits per heavy atom. The minimum absolute atomic E-state index is 0.0581. The van der Waals surface area contributed by atoms with E-state index in [0.29, 0.717) is 16.6 Å². The quantitative estimate of drug-likeness (QED) is 0.475. The first-order chi connectivity index (χ1) is 14.5. The Labute approximate surface area is 186 Å². The van der Waals surface area contributed by atoms with E-state index >= 15 is 0 Å². The molecule has 0 bridgehead atoms. The molecule has 0 spiro atoms. The Morgan fingerprint density at radius 1 is 0.967 bits per heavy atom. The zero-order valence-corrected chi connectivity index (χ0v) is 18.0. The Balaban J connectivity index is 1.73. The van der Waals surface area contributed by atoms with Crippen LogP contribution in [0.3, 0.4) is 0 Å². The van der Waals surface area contributed by atoms with Gasteiger partial charge in [0.2, 0.25) is 0 Å². The number of halogens is 2. The van der Waals surface area contributed by atoms with Gasteiger partial charge in [-0.3, -0.25) is 9.69 Å². The molecule has 1 atom stereocenters. The van der Waals surface area contributed by atoms with E-state index in [-0.39, 0.29) is 18.6 Å². The van der Waals surface area contributed by atoms with Crippen LogP contribution in [0.4, 0.5) is 0 Å². The minimum atomic E-state index is -0.369. The molecule has 1 aliphatic rings. The maximum Gasteiger partial charge on any atom is 0.258 e. The molecule has 4 rings (SSSR count). The van der Waals surface area contributed by atoms with Crippen LogP contribution in [0, 0.1) is 0 Å². The Kier molecular flexibility index (Phi) is 6.18. The second-order valence-corrected chi connectivity index (χ2v) is 8.04. The Bertz CT molecular complexity index is 1070. The highest BCUT2D eigenvalue weighted by molar-refractivity contribution is 6.42. The number of benzene rings is 3. The molecule has 6 heteroatoms. The second-order valence-electron chi connectivity index (χ2n) is 7.23. The lowest BCUT2D eigenvalue weighted by Crippen LogP contribution is -2.29. The lowest BCUT2D eigenvalue weighted by atomic mass is 10.1. The van der Waals surface area contributed by atoms with E-state index in [0.717, 1.165) is 22.4 Å². The fourth-order valence-corrected chi connectivity index (χ4v) is 3.92. The number of carbonyl (C=O) groups excluding carboxylic acids is 1. The average Bonchev–Trinajstić information content (AvgIpc) is 3.06. The van der Waals surface area contributed by atoms with Crippen molar-refractivity contribution in [2.24, 2.45) is 5.10 Å². The third kappa shape index (κ3) is 4.41. The highest BCUT2D eigenvalue weighted by atomic mass is 35.5. The number of carbonyl (C=O) groups is 1. The first-order valence-corrected chi connectivity index (χ1v) is 10.4. The second kappa shape index (κ2) is 9.00. The van der Waals surface area contributed by atoms with Crippen LogP contribution >= 0.6 is 23.2 Å². The summed E-state index contributed by atoms with van der Waals surface area (Å²) < 4.78 is 0. The number of nitrogens with zero attached hydrogens (tertiary/aromatic N) is 3. The van der Waals surface area contributed by atoms with Gasteiger partial charge >= 0.3 is 0 Å². The molecule has 0 N–H and O–H groups in total. The molecule has 0 unspecified atom stereocenters. The van der Waals surface area contributed by atoms with Gasteiger partial charge in [0.05, 0.1) is 22.3 Å². The van der Waals surface area contributed by atoms with Crippen molar-refractivity contribution in [3.05, 3.63) is 106 Å². The zero-order valence-electron chi connectivity index (χ0n) is 16.5. The predicted molar refractivity (Wildman–Crippen MR) is 122 cm³/mol. The van der Waals surface area contributed by atoms with E-state index in [4.69, 9.17) is 28.3 Å². The van der Waals surface area contributed by atoms with Gasteiger partial charge < -0.3 is 0 Å². The Morgan fingerprint density at radius 3 is 2.30 bits per heavy atom. The summed E-state index contributed by atoms with van der Waals surface area (Å²) in [6.07, 6.45) is -0.369. The summed E-state index contributed by atoms with van der Waals surface area (Å²) >= 11 is 12.4. The molecular weight excluding hydrogens is 417 g/mol. The zero-order chi connectivity index (χ0) is 21.1. The lowest BCUT2D eigenvalue weighted by molar-refractivity contribution is -0.128. The van der Waals surface area contributed by atoms with Gasteiger partial charge in [-0.15, -0.1) is 0 Å². The molecule has 3 aromatic rings. The largest absolute Gasteiger partial charge is 0.271 e. The summed E-state index contributed by atoms with van der Waals surface area (Å²) in [7, 11) is 0. The average molecular weight is 438 g/mol. The third-order valence-electron chi connectivity index (χ3n) is 5.09. The smallest absolute Gasteiger partial charge is 0.258 e. The SMILES string of the molecule is C/C(=N/N1C(=O)CN(Cc2ccccc2)[C@H]1c1ccc(Cl)c(Cl)c1)c1ccccc1. The van der Waals surface area contributed by atoms with Crippen LogP contribution in [-0.2, 0) is 11.3 Å². The van der Waals surface area contributed by atoms with Crippen LogP contribution in [0.15, 0.2) is 84.0 Å². The molecule has 1 amide bonds. The summed E-state index contributed by atoms with van der Waals surface area (Å²) in [6.45, 7) is 2.80. The Hall–Kier alpha value is -2.66. The summed E-state index contributed by atoms with van der Waals surface area (Å²) in [4.78, 5) is 15.1. The first-order valence-electron chi connectivity index (χ1n) is 9.68. The standard InChI is InChI=1S/C24H21Cl2N3O/c1-17(19-10-6-3-7-11-19)27-29-23(30)16-28(15-18-8-4-2-5-9-18)24(29)20-12-13-21(25)22(26)14-20/h2-14,24H,15-16H2,1H3/b27-17-/t24-/m1/s1. The topological polar surface area (TPSA) is 35.9 Å². The molecular formula is C24H21Cl2N3O. The number of amides is 1. The molecule has 152 valence electrons. The van der Waals surface area contributed by atoms with Crippen molar-refractivity contribution in [3.8, 4) is 0 Å². The van der Waals surface area contributed by atoms with Gasteiger partial charge in [0.15, 0.2) is 0 Å². The molecule has 1 saturated heterocycles. The van der Waals surface area contributed by atoms with E-state index in [1.165, 1.54) is 0 Å². The molecule has 1 fully saturated rings. The van der Waals surface area contributed by atoms with Crippen LogP contribution in [0.5, 0.6) is 0 Å². The maximum absolute atomic E-state index is 13.0. The molecule has 0 aromatic heterocycles. The van der Waals surface area contributed by atoms with Crippen LogP contribution in [0.2, 0.25) is 10.0 Å². The fraction of sp³-hybridized carbons (Fsp3) is 0.167. The van der Waals surface area contributed by atoms with E-state index in [2.05, 4.69) is 17.0 Å². The van der Waals surface area contributed by atoms with Crippen molar-refractivity contribution in [2.75, 3.05) is 6.54 Å². The summed E-state index contributed by atoms with van der Waals surface area (Å²) in [6, 6.07) is 25.4. The van der Waals surface area contributed by atoms with Crippen LogP contribution in [-0.4, -0.2) is 28.1 Å². The minimum Gasteiger partial charge on any atom is -0.271 e. The molecule has 30 heavy (non-hydrogen) atoms. The maximum atomic E-state index is 13.0. The van der Waals surface area contributed by atoms with Crippen molar-refractivity contribution in [2.45, 2.75) is 19.6 Å². The van der Waals surface area contributed by atoms with Gasteiger partial charge in [-0.25, -0.2) is 5.01 Å². The normalized spacial score (nSPS) is 17.6. The van der Waals surface area contributed by atoms with Crippen molar-refractivity contribution in [1.29, 1.82) is 0 Å². The monoisotopic (exact) mass is 437 g/mol. The fourth-order valence-electron chi connectivity index (χ4n) is 3.62. The molecule has 4 nitrogen and oxygen atoms in total. The molecule has 0 saturated carbocycles. The third-order valence-corrected chi connectivity index (χ3v) is 5.83. The van der Waals surface area contributed by atoms with Crippen molar-refractivity contribution in [1.82, 2.24) is 9.91 Å². The molecule has 3 aromatic carbocycles. The molecule has 1 aliphatic heterocycles. The van der Waals surface area contributed by atoms with Crippen LogP contribution in [0.1, 0.15) is 29.8 Å². The van der Waals surface area contributed by atoms with Gasteiger partial charge in [-0.05, 0) is 35.7 Å². The van der Waals surface area contributed by atoms with Gasteiger partial charge in [-0.1, -0.05) is 89.9 Å². The molecule has 1 heterocycles. The molecule has 0 aliphatic carbocycles. The van der Waals surface area contributed by atoms with Crippen molar-refractivity contribution in [3.63, 3.8) is 0 Å². The first kappa shape index (κ1) is 20.6. The van der Waals surface area contributed by atoms with E-state index < -0.39 is 0 Å². The van der Waals surface area contributed by atoms with Gasteiger partial charge in [0.1, 0.15) is 6.17 Å². The van der Waals surface area contributed by atoms with E-state index in [1.807, 2.05) is 67.6 Å². The highest BCUT2D eigenvalue weighted by Crippen LogP contribution is 2.35. The highest BCUT2D eigenvalue weighted by Gasteiger charge is 2.39. The predicted octanol–water partition coefficient (Wildman–Crippen LogP) is 5.76. The van der Waals surface area contributed by atoms with E-state index in [9.17, 15) is 4.79 Å². The number of hydrazone groups is 1. The summed E-state index contributed by atoms with van der Waals surface area (Å²) in [5, 5.41) is 7.21. The lowest BCUT2D eigenvalue weighted by Gasteiger charge is -2.28. The van der Waals surface area contributed by atoms with E-state index in [1.54, 1.807) is 11.1 Å². The van der Waals surface area contributed by atoms with Gasteiger partial charge in [0.25, 0.3) is 5.91 Å². The van der Waals surface area contributed by atoms with Crippen molar-refractivity contribution < 1.29 is 4.79 Å². The van der Waals surface area contributed by atoms with Crippen LogP contribution < -0.4 is 0 Å². The number of rotatable bonds is 5. The van der Waals surface area contributed by atoms with Gasteiger partial charge in [0, 0.05) is 6.54 Å². The summed E-state index contributed by atoms with van der Waals surface area (Å²) in [5.41, 5.74) is 3.74. The van der Waals surface area contributed by atoms with Crippen molar-refractivity contribution >= 4 is 34.8 Å². The van der Waals surface area contributed by atoms with Crippen LogP contribution in [0.25, 0.3) is 0 Å².